The molecule has 1 amide bonds. The molecule has 0 radical (unpaired) electrons. The molecule has 2 heterocycles. The smallest absolute Gasteiger partial charge is 0.336 e. The maximum absolute atomic E-state index is 12.3. The van der Waals surface area contributed by atoms with Crippen molar-refractivity contribution in [1.29, 1.82) is 0 Å². The van der Waals surface area contributed by atoms with E-state index in [4.69, 9.17) is 0 Å². The zero-order valence-electron chi connectivity index (χ0n) is 11.3. The van der Waals surface area contributed by atoms with E-state index in [2.05, 4.69) is 11.2 Å². The number of aryl methyl sites for hydroxylation is 1. The molecule has 0 bridgehead atoms. The summed E-state index contributed by atoms with van der Waals surface area (Å²) in [5.41, 5.74) is 2.21. The summed E-state index contributed by atoms with van der Waals surface area (Å²) in [6.07, 6.45) is 2.28. The highest BCUT2D eigenvalue weighted by atomic mass is 16.2. The van der Waals surface area contributed by atoms with Gasteiger partial charge in [-0.3, -0.25) is 9.36 Å². The summed E-state index contributed by atoms with van der Waals surface area (Å²) in [5.74, 6) is -0.0692. The van der Waals surface area contributed by atoms with Gasteiger partial charge in [0.1, 0.15) is 12.9 Å². The summed E-state index contributed by atoms with van der Waals surface area (Å²) in [5, 5.41) is 3.91. The predicted octanol–water partition coefficient (Wildman–Crippen LogP) is 0.167. The lowest BCUT2D eigenvalue weighted by atomic mass is 10.00. The zero-order valence-corrected chi connectivity index (χ0v) is 11.3. The topological polar surface area (TPSA) is 60.1 Å². The van der Waals surface area contributed by atoms with E-state index in [1.165, 1.54) is 26.7 Å². The molecule has 0 fully saturated rings. The highest BCUT2D eigenvalue weighted by Gasteiger charge is 2.21. The van der Waals surface area contributed by atoms with Crippen molar-refractivity contribution < 1.29 is 4.79 Å². The van der Waals surface area contributed by atoms with Gasteiger partial charge in [-0.15, -0.1) is 0 Å². The van der Waals surface area contributed by atoms with E-state index in [1.807, 2.05) is 18.2 Å². The van der Waals surface area contributed by atoms with Crippen LogP contribution in [0.25, 0.3) is 0 Å². The third kappa shape index (κ3) is 2.24. The minimum absolute atomic E-state index is 0.00183. The van der Waals surface area contributed by atoms with Crippen molar-refractivity contribution >= 4 is 5.91 Å². The molecule has 2 aromatic rings. The van der Waals surface area contributed by atoms with E-state index in [1.54, 1.807) is 11.9 Å². The number of fused-ring (bicyclic) bond motifs is 1. The summed E-state index contributed by atoms with van der Waals surface area (Å²) < 4.78 is 2.56. The van der Waals surface area contributed by atoms with Crippen molar-refractivity contribution in [3.8, 4) is 0 Å². The Morgan fingerprint density at radius 3 is 2.75 bits per heavy atom. The van der Waals surface area contributed by atoms with Crippen molar-refractivity contribution in [2.24, 2.45) is 7.05 Å². The number of hydrogen-bond acceptors (Lipinski definition) is 3. The minimum Gasteiger partial charge on any atom is -0.336 e. The minimum atomic E-state index is -0.268. The average molecular weight is 272 g/mol. The van der Waals surface area contributed by atoms with Gasteiger partial charge in [0.2, 0.25) is 5.91 Å². The van der Waals surface area contributed by atoms with Crippen molar-refractivity contribution in [3.63, 3.8) is 0 Å². The van der Waals surface area contributed by atoms with Crippen LogP contribution < -0.4 is 5.69 Å². The van der Waals surface area contributed by atoms with Gasteiger partial charge >= 0.3 is 5.69 Å². The van der Waals surface area contributed by atoms with Gasteiger partial charge in [0.25, 0.3) is 0 Å². The SMILES string of the molecule is Cn1cnn(CC(=O)N2CCc3ccccc3C2)c1=O. The second-order valence-electron chi connectivity index (χ2n) is 5.02. The molecule has 0 spiro atoms. The second kappa shape index (κ2) is 4.96. The molecule has 0 saturated carbocycles. The molecule has 1 aromatic carbocycles. The molecule has 6 heteroatoms. The fraction of sp³-hybridized carbons (Fsp3) is 0.357. The number of hydrogen-bond donors (Lipinski definition) is 0. The molecule has 1 aliphatic rings. The molecular formula is C14H16N4O2. The van der Waals surface area contributed by atoms with E-state index in [0.29, 0.717) is 13.1 Å². The largest absolute Gasteiger partial charge is 0.345 e. The van der Waals surface area contributed by atoms with Crippen LogP contribution >= 0.6 is 0 Å². The van der Waals surface area contributed by atoms with Crippen molar-refractivity contribution in [2.75, 3.05) is 6.54 Å². The first-order valence-corrected chi connectivity index (χ1v) is 6.58. The Hall–Kier alpha value is -2.37. The first-order chi connectivity index (χ1) is 9.65. The Morgan fingerprint density at radius 2 is 2.05 bits per heavy atom. The Morgan fingerprint density at radius 1 is 1.30 bits per heavy atom. The third-order valence-corrected chi connectivity index (χ3v) is 3.66. The van der Waals surface area contributed by atoms with Gasteiger partial charge in [0, 0.05) is 20.1 Å². The maximum Gasteiger partial charge on any atom is 0.345 e. The number of amides is 1. The van der Waals surface area contributed by atoms with Crippen LogP contribution in [0.2, 0.25) is 0 Å². The van der Waals surface area contributed by atoms with Gasteiger partial charge in [0.05, 0.1) is 0 Å². The maximum atomic E-state index is 12.3. The number of carbonyl (C=O) groups is 1. The molecule has 0 atom stereocenters. The van der Waals surface area contributed by atoms with E-state index < -0.39 is 0 Å². The van der Waals surface area contributed by atoms with E-state index in [0.717, 1.165) is 6.42 Å². The van der Waals surface area contributed by atoms with E-state index >= 15 is 0 Å². The van der Waals surface area contributed by atoms with E-state index in [-0.39, 0.29) is 18.1 Å². The zero-order chi connectivity index (χ0) is 14.1. The fourth-order valence-corrected chi connectivity index (χ4v) is 2.47. The Kier molecular flexibility index (Phi) is 3.14. The third-order valence-electron chi connectivity index (χ3n) is 3.66. The number of aromatic nitrogens is 3. The molecular weight excluding hydrogens is 256 g/mol. The predicted molar refractivity (Wildman–Crippen MR) is 73.0 cm³/mol. The van der Waals surface area contributed by atoms with Gasteiger partial charge in [-0.05, 0) is 17.5 Å². The van der Waals surface area contributed by atoms with Crippen LogP contribution in [0.4, 0.5) is 0 Å². The highest BCUT2D eigenvalue weighted by Crippen LogP contribution is 2.18. The number of carbonyl (C=O) groups excluding carboxylic acids is 1. The summed E-state index contributed by atoms with van der Waals surface area (Å²) in [4.78, 5) is 25.7. The molecule has 3 rings (SSSR count). The standard InChI is InChI=1S/C14H16N4O2/c1-16-10-15-18(14(16)20)9-13(19)17-7-6-11-4-2-3-5-12(11)8-17/h2-5,10H,6-9H2,1H3. The fourth-order valence-electron chi connectivity index (χ4n) is 2.47. The highest BCUT2D eigenvalue weighted by molar-refractivity contribution is 5.76. The van der Waals surface area contributed by atoms with Gasteiger partial charge in [-0.2, -0.15) is 5.10 Å². The lowest BCUT2D eigenvalue weighted by Crippen LogP contribution is -2.40. The summed E-state index contributed by atoms with van der Waals surface area (Å²) in [6.45, 7) is 1.30. The monoisotopic (exact) mass is 272 g/mol. The quantitative estimate of drug-likeness (QED) is 0.783. The Labute approximate surface area is 116 Å². The van der Waals surface area contributed by atoms with Crippen molar-refractivity contribution in [1.82, 2.24) is 19.2 Å². The van der Waals surface area contributed by atoms with Gasteiger partial charge < -0.3 is 4.90 Å². The molecule has 0 N–H and O–H groups in total. The Balaban J connectivity index is 1.73. The second-order valence-corrected chi connectivity index (χ2v) is 5.02. The first kappa shape index (κ1) is 12.7. The summed E-state index contributed by atoms with van der Waals surface area (Å²) >= 11 is 0. The van der Waals surface area contributed by atoms with Crippen LogP contribution in [0, 0.1) is 0 Å². The molecule has 0 unspecified atom stereocenters. The Bertz CT molecular complexity index is 701. The van der Waals surface area contributed by atoms with Crippen molar-refractivity contribution in [2.45, 2.75) is 19.5 Å². The lowest BCUT2D eigenvalue weighted by Gasteiger charge is -2.28. The van der Waals surface area contributed by atoms with Gasteiger partial charge in [0.15, 0.2) is 0 Å². The van der Waals surface area contributed by atoms with Crippen LogP contribution in [0.15, 0.2) is 35.4 Å². The van der Waals surface area contributed by atoms with Crippen LogP contribution in [0.3, 0.4) is 0 Å². The molecule has 104 valence electrons. The first-order valence-electron chi connectivity index (χ1n) is 6.58. The van der Waals surface area contributed by atoms with Crippen LogP contribution in [-0.4, -0.2) is 31.7 Å². The van der Waals surface area contributed by atoms with Crippen LogP contribution in [-0.2, 0) is 31.4 Å². The van der Waals surface area contributed by atoms with Crippen molar-refractivity contribution in [3.05, 3.63) is 52.2 Å². The molecule has 1 aliphatic heterocycles. The van der Waals surface area contributed by atoms with Gasteiger partial charge in [-0.1, -0.05) is 24.3 Å². The normalized spacial score (nSPS) is 14.2. The molecule has 0 aliphatic carbocycles. The number of rotatable bonds is 2. The van der Waals surface area contributed by atoms with Gasteiger partial charge in [-0.25, -0.2) is 9.48 Å². The average Bonchev–Trinajstić information content (AvgIpc) is 2.78. The molecule has 0 saturated heterocycles. The summed E-state index contributed by atoms with van der Waals surface area (Å²) in [6, 6.07) is 8.14. The van der Waals surface area contributed by atoms with Crippen LogP contribution in [0.5, 0.6) is 0 Å². The summed E-state index contributed by atoms with van der Waals surface area (Å²) in [7, 11) is 1.62. The number of benzene rings is 1. The van der Waals surface area contributed by atoms with Crippen LogP contribution in [0.1, 0.15) is 11.1 Å². The molecule has 20 heavy (non-hydrogen) atoms. The lowest BCUT2D eigenvalue weighted by molar-refractivity contribution is -0.133. The molecule has 1 aromatic heterocycles. The number of nitrogens with zero attached hydrogens (tertiary/aromatic N) is 4. The van der Waals surface area contributed by atoms with E-state index in [9.17, 15) is 9.59 Å². The molecule has 6 nitrogen and oxygen atoms in total.